The molecular formula is C26H23FN6OS. The average Bonchev–Trinajstić information content (AvgIpc) is 3.65. The fraction of sp³-hybridized carbons (Fsp3) is 0.154. The molecule has 0 aliphatic rings. The third-order valence-corrected chi connectivity index (χ3v) is 6.44. The number of benzene rings is 2. The zero-order chi connectivity index (χ0) is 24.2. The Morgan fingerprint density at radius 3 is 2.71 bits per heavy atom. The number of aromatic amines is 1. The summed E-state index contributed by atoms with van der Waals surface area (Å²) >= 11 is 1.55. The number of thiophene rings is 1. The number of nitrogens with zero attached hydrogens (tertiary/aromatic N) is 5. The fourth-order valence-corrected chi connectivity index (χ4v) is 4.48. The first-order chi connectivity index (χ1) is 17.1. The molecule has 9 heteroatoms. The normalized spacial score (nSPS) is 11.0. The van der Waals surface area contributed by atoms with Crippen LogP contribution in [-0.2, 0) is 6.42 Å². The minimum Gasteiger partial charge on any atom is -0.339 e. The molecule has 3 heterocycles. The maximum atomic E-state index is 13.5. The lowest BCUT2D eigenvalue weighted by atomic mass is 10.1. The van der Waals surface area contributed by atoms with Gasteiger partial charge in [-0.1, -0.05) is 36.4 Å². The zero-order valence-corrected chi connectivity index (χ0v) is 19.9. The molecule has 0 radical (unpaired) electrons. The highest BCUT2D eigenvalue weighted by Gasteiger charge is 2.22. The number of H-pyrrole nitrogens is 1. The summed E-state index contributed by atoms with van der Waals surface area (Å²) in [5, 5.41) is 13.8. The summed E-state index contributed by atoms with van der Waals surface area (Å²) in [5.74, 6) is 0.278. The van der Waals surface area contributed by atoms with Gasteiger partial charge >= 0.3 is 0 Å². The summed E-state index contributed by atoms with van der Waals surface area (Å²) in [5.41, 5.74) is 3.19. The lowest BCUT2D eigenvalue weighted by molar-refractivity contribution is 0.0781. The number of amides is 1. The van der Waals surface area contributed by atoms with Gasteiger partial charge in [-0.3, -0.25) is 9.89 Å². The minimum atomic E-state index is -0.294. The average molecular weight is 487 g/mol. The number of halogens is 1. The standard InChI is InChI=1S/C26H23FN6OS/c1-32(14-6-10-20-17-22(30-29-20)18-8-5-9-19(27)16-18)26(34)24-28-25(23-13-7-15-35-23)33(31-24)21-11-3-2-4-12-21/h2-5,7-9,11-13,15-17H,6,10,14H2,1H3,(H,29,30). The van der Waals surface area contributed by atoms with Crippen molar-refractivity contribution in [2.75, 3.05) is 13.6 Å². The van der Waals surface area contributed by atoms with Crippen molar-refractivity contribution in [2.45, 2.75) is 12.8 Å². The van der Waals surface area contributed by atoms with Crippen LogP contribution in [0.4, 0.5) is 4.39 Å². The van der Waals surface area contributed by atoms with Crippen LogP contribution in [0.1, 0.15) is 22.7 Å². The van der Waals surface area contributed by atoms with E-state index >= 15 is 0 Å². The molecule has 1 N–H and O–H groups in total. The molecule has 5 rings (SSSR count). The molecule has 0 aliphatic carbocycles. The largest absolute Gasteiger partial charge is 0.339 e. The fourth-order valence-electron chi connectivity index (χ4n) is 3.78. The van der Waals surface area contributed by atoms with Gasteiger partial charge in [0.05, 0.1) is 16.3 Å². The van der Waals surface area contributed by atoms with Crippen molar-refractivity contribution in [1.29, 1.82) is 0 Å². The van der Waals surface area contributed by atoms with Crippen molar-refractivity contribution in [3.8, 4) is 27.6 Å². The molecule has 0 fully saturated rings. The van der Waals surface area contributed by atoms with Crippen LogP contribution in [0, 0.1) is 5.82 Å². The smallest absolute Gasteiger partial charge is 0.293 e. The topological polar surface area (TPSA) is 79.7 Å². The molecule has 3 aromatic heterocycles. The van der Waals surface area contributed by atoms with Crippen molar-refractivity contribution >= 4 is 17.2 Å². The maximum Gasteiger partial charge on any atom is 0.293 e. The summed E-state index contributed by atoms with van der Waals surface area (Å²) in [4.78, 5) is 20.3. The molecule has 35 heavy (non-hydrogen) atoms. The van der Waals surface area contributed by atoms with E-state index in [0.29, 0.717) is 24.5 Å². The van der Waals surface area contributed by atoms with E-state index in [1.807, 2.05) is 60.0 Å². The summed E-state index contributed by atoms with van der Waals surface area (Å²) in [6.45, 7) is 0.529. The summed E-state index contributed by atoms with van der Waals surface area (Å²) in [6, 6.07) is 21.8. The van der Waals surface area contributed by atoms with Crippen LogP contribution >= 0.6 is 11.3 Å². The zero-order valence-electron chi connectivity index (χ0n) is 19.1. The lowest BCUT2D eigenvalue weighted by Gasteiger charge is -2.14. The number of nitrogens with one attached hydrogen (secondary N) is 1. The Hall–Kier alpha value is -4.11. The van der Waals surface area contributed by atoms with E-state index < -0.39 is 0 Å². The predicted octanol–water partition coefficient (Wildman–Crippen LogP) is 5.23. The third kappa shape index (κ3) is 5.04. The molecule has 2 aromatic carbocycles. The molecular weight excluding hydrogens is 463 g/mol. The minimum absolute atomic E-state index is 0.162. The van der Waals surface area contributed by atoms with E-state index in [2.05, 4.69) is 20.3 Å². The Labute approximate surface area is 205 Å². The van der Waals surface area contributed by atoms with Gasteiger partial charge in [-0.05, 0) is 54.6 Å². The molecule has 0 saturated heterocycles. The van der Waals surface area contributed by atoms with Crippen molar-refractivity contribution in [1.82, 2.24) is 29.9 Å². The molecule has 0 atom stereocenters. The summed E-state index contributed by atoms with van der Waals surface area (Å²) < 4.78 is 15.2. The Bertz CT molecular complexity index is 1430. The van der Waals surface area contributed by atoms with E-state index in [1.165, 1.54) is 12.1 Å². The number of rotatable bonds is 8. The predicted molar refractivity (Wildman–Crippen MR) is 134 cm³/mol. The second kappa shape index (κ2) is 10.0. The van der Waals surface area contributed by atoms with Crippen LogP contribution in [0.2, 0.25) is 0 Å². The Morgan fingerprint density at radius 2 is 1.94 bits per heavy atom. The Kier molecular flexibility index (Phi) is 6.49. The SMILES string of the molecule is CN(CCCc1cc(-c2cccc(F)c2)n[nH]1)C(=O)c1nc(-c2cccs2)n(-c2ccccc2)n1. The number of hydrogen-bond acceptors (Lipinski definition) is 5. The van der Waals surface area contributed by atoms with Gasteiger partial charge in [0.2, 0.25) is 5.82 Å². The number of carbonyl (C=O) groups is 1. The Morgan fingerprint density at radius 1 is 1.09 bits per heavy atom. The Balaban J connectivity index is 1.26. The van der Waals surface area contributed by atoms with E-state index in [-0.39, 0.29) is 17.5 Å². The lowest BCUT2D eigenvalue weighted by Crippen LogP contribution is -2.29. The van der Waals surface area contributed by atoms with Crippen molar-refractivity contribution in [2.24, 2.45) is 0 Å². The molecule has 0 spiro atoms. The van der Waals surface area contributed by atoms with Gasteiger partial charge in [0, 0.05) is 24.8 Å². The van der Waals surface area contributed by atoms with Gasteiger partial charge in [0.1, 0.15) is 5.82 Å². The highest BCUT2D eigenvalue weighted by Crippen LogP contribution is 2.26. The van der Waals surface area contributed by atoms with Crippen molar-refractivity contribution < 1.29 is 9.18 Å². The van der Waals surface area contributed by atoms with E-state index in [9.17, 15) is 9.18 Å². The van der Waals surface area contributed by atoms with Gasteiger partial charge in [0.15, 0.2) is 5.82 Å². The van der Waals surface area contributed by atoms with Crippen LogP contribution < -0.4 is 0 Å². The van der Waals surface area contributed by atoms with Gasteiger partial charge < -0.3 is 4.90 Å². The van der Waals surface area contributed by atoms with Crippen molar-refractivity contribution in [3.05, 3.63) is 95.5 Å². The molecule has 0 saturated carbocycles. The summed E-state index contributed by atoms with van der Waals surface area (Å²) in [7, 11) is 1.75. The molecule has 5 aromatic rings. The number of carbonyl (C=O) groups excluding carboxylic acids is 1. The molecule has 1 amide bonds. The quantitative estimate of drug-likeness (QED) is 0.326. The maximum absolute atomic E-state index is 13.5. The van der Waals surface area contributed by atoms with Crippen LogP contribution in [0.3, 0.4) is 0 Å². The van der Waals surface area contributed by atoms with Gasteiger partial charge in [-0.2, -0.15) is 5.10 Å². The first kappa shape index (κ1) is 22.7. The molecule has 0 bridgehead atoms. The molecule has 176 valence electrons. The van der Waals surface area contributed by atoms with Crippen LogP contribution in [0.25, 0.3) is 27.6 Å². The first-order valence-electron chi connectivity index (χ1n) is 11.2. The monoisotopic (exact) mass is 486 g/mol. The van der Waals surface area contributed by atoms with E-state index in [0.717, 1.165) is 28.2 Å². The van der Waals surface area contributed by atoms with Gasteiger partial charge in [-0.15, -0.1) is 16.4 Å². The highest BCUT2D eigenvalue weighted by atomic mass is 32.1. The van der Waals surface area contributed by atoms with Crippen LogP contribution in [0.15, 0.2) is 78.2 Å². The molecule has 0 unspecified atom stereocenters. The second-order valence-corrected chi connectivity index (χ2v) is 9.05. The molecule has 7 nitrogen and oxygen atoms in total. The highest BCUT2D eigenvalue weighted by molar-refractivity contribution is 7.13. The van der Waals surface area contributed by atoms with E-state index in [4.69, 9.17) is 0 Å². The number of aryl methyl sites for hydroxylation is 1. The number of aromatic nitrogens is 5. The first-order valence-corrected chi connectivity index (χ1v) is 12.1. The van der Waals surface area contributed by atoms with Crippen LogP contribution in [0.5, 0.6) is 0 Å². The molecule has 0 aliphatic heterocycles. The van der Waals surface area contributed by atoms with Crippen LogP contribution in [-0.4, -0.2) is 49.4 Å². The van der Waals surface area contributed by atoms with Crippen molar-refractivity contribution in [3.63, 3.8) is 0 Å². The van der Waals surface area contributed by atoms with Gasteiger partial charge in [0.25, 0.3) is 5.91 Å². The number of hydrogen-bond donors (Lipinski definition) is 1. The van der Waals surface area contributed by atoms with E-state index in [1.54, 1.807) is 34.0 Å². The summed E-state index contributed by atoms with van der Waals surface area (Å²) in [6.07, 6.45) is 1.43. The third-order valence-electron chi connectivity index (χ3n) is 5.58. The second-order valence-electron chi connectivity index (χ2n) is 8.10. The number of para-hydroxylation sites is 1. The van der Waals surface area contributed by atoms with Gasteiger partial charge in [-0.25, -0.2) is 14.1 Å².